The van der Waals surface area contributed by atoms with Crippen molar-refractivity contribution >= 4 is 11.6 Å². The number of Topliss-reactive ketones (excluding diaryl/α,β-unsaturated/α-hetero) is 1. The highest BCUT2D eigenvalue weighted by Crippen LogP contribution is 2.64. The average molecular weight is 316 g/mol. The molecule has 23 heavy (non-hydrogen) atoms. The molecular formula is C20H28O3. The molecule has 6 atom stereocenters. The highest BCUT2D eigenvalue weighted by Gasteiger charge is 2.60. The summed E-state index contributed by atoms with van der Waals surface area (Å²) >= 11 is 0. The fraction of sp³-hybridized carbons (Fsp3) is 0.800. The van der Waals surface area contributed by atoms with Gasteiger partial charge in [-0.1, -0.05) is 19.4 Å². The van der Waals surface area contributed by atoms with Gasteiger partial charge >= 0.3 is 0 Å². The van der Waals surface area contributed by atoms with Crippen LogP contribution >= 0.6 is 0 Å². The van der Waals surface area contributed by atoms with Gasteiger partial charge in [-0.25, -0.2) is 0 Å². The maximum atomic E-state index is 12.4. The second-order valence-electron chi connectivity index (χ2n) is 8.82. The number of hydrogen-bond donors (Lipinski definition) is 1. The molecule has 0 aliphatic heterocycles. The Balaban J connectivity index is 1.74. The molecule has 126 valence electrons. The summed E-state index contributed by atoms with van der Waals surface area (Å²) in [4.78, 5) is 24.6. The van der Waals surface area contributed by atoms with E-state index >= 15 is 0 Å². The van der Waals surface area contributed by atoms with Crippen LogP contribution < -0.4 is 0 Å². The predicted octanol–water partition coefficient (Wildman–Crippen LogP) is 3.31. The number of hydrogen-bond acceptors (Lipinski definition) is 3. The Labute approximate surface area is 138 Å². The maximum absolute atomic E-state index is 12.4. The third kappa shape index (κ3) is 1.92. The minimum Gasteiger partial charge on any atom is -0.395 e. The van der Waals surface area contributed by atoms with Crippen LogP contribution in [0.5, 0.6) is 0 Å². The van der Waals surface area contributed by atoms with Gasteiger partial charge in [-0.15, -0.1) is 0 Å². The topological polar surface area (TPSA) is 54.4 Å². The van der Waals surface area contributed by atoms with E-state index in [1.807, 2.05) is 13.0 Å². The van der Waals surface area contributed by atoms with Crippen molar-refractivity contribution in [3.8, 4) is 0 Å². The normalized spacial score (nSPS) is 49.3. The molecule has 0 bridgehead atoms. The van der Waals surface area contributed by atoms with Crippen LogP contribution in [0.15, 0.2) is 11.6 Å². The van der Waals surface area contributed by atoms with Crippen LogP contribution in [-0.4, -0.2) is 23.3 Å². The number of ketones is 2. The van der Waals surface area contributed by atoms with Gasteiger partial charge in [0.05, 0.1) is 6.61 Å². The first-order chi connectivity index (χ1) is 10.9. The summed E-state index contributed by atoms with van der Waals surface area (Å²) in [5.74, 6) is 2.21. The van der Waals surface area contributed by atoms with E-state index in [-0.39, 0.29) is 29.1 Å². The van der Waals surface area contributed by atoms with Crippen LogP contribution in [0.1, 0.15) is 58.8 Å². The molecule has 3 saturated carbocycles. The molecular weight excluding hydrogens is 288 g/mol. The lowest BCUT2D eigenvalue weighted by Crippen LogP contribution is -2.54. The van der Waals surface area contributed by atoms with Crippen molar-refractivity contribution in [2.75, 3.05) is 6.61 Å². The second-order valence-corrected chi connectivity index (χ2v) is 8.82. The molecule has 0 radical (unpaired) electrons. The van der Waals surface area contributed by atoms with E-state index < -0.39 is 0 Å². The first kappa shape index (κ1) is 15.6. The number of carbonyl (C=O) groups is 2. The summed E-state index contributed by atoms with van der Waals surface area (Å²) < 4.78 is 0. The molecule has 0 saturated heterocycles. The monoisotopic (exact) mass is 316 g/mol. The Bertz CT molecular complexity index is 592. The average Bonchev–Trinajstić information content (AvgIpc) is 2.84. The molecule has 3 nitrogen and oxygen atoms in total. The molecule has 0 aromatic heterocycles. The van der Waals surface area contributed by atoms with Crippen molar-refractivity contribution in [1.29, 1.82) is 0 Å². The van der Waals surface area contributed by atoms with Gasteiger partial charge in [0.15, 0.2) is 5.78 Å². The molecule has 4 aliphatic carbocycles. The summed E-state index contributed by atoms with van der Waals surface area (Å²) in [7, 11) is 0. The molecule has 0 unspecified atom stereocenters. The van der Waals surface area contributed by atoms with Crippen molar-refractivity contribution in [3.05, 3.63) is 11.6 Å². The Morgan fingerprint density at radius 2 is 1.96 bits per heavy atom. The van der Waals surface area contributed by atoms with Gasteiger partial charge in [-0.3, -0.25) is 9.59 Å². The Hall–Kier alpha value is -0.960. The fourth-order valence-electron chi connectivity index (χ4n) is 6.70. The van der Waals surface area contributed by atoms with E-state index in [4.69, 9.17) is 0 Å². The zero-order chi connectivity index (χ0) is 16.4. The lowest BCUT2D eigenvalue weighted by atomic mass is 9.46. The zero-order valence-corrected chi connectivity index (χ0v) is 14.3. The SMILES string of the molecule is C[C@@H]1C[C@@]2(CO)C(=CC1=O)CC[C@@H]1[C@@H]2CC[C@]2(C)C(=O)CC[C@@H]12. The van der Waals surface area contributed by atoms with Crippen LogP contribution in [0.4, 0.5) is 0 Å². The molecule has 0 aromatic carbocycles. The highest BCUT2D eigenvalue weighted by atomic mass is 16.3. The van der Waals surface area contributed by atoms with Gasteiger partial charge < -0.3 is 5.11 Å². The van der Waals surface area contributed by atoms with Crippen LogP contribution in [0.2, 0.25) is 0 Å². The van der Waals surface area contributed by atoms with Gasteiger partial charge in [0.1, 0.15) is 5.78 Å². The standard InChI is InChI=1S/C20H28O3/c1-12-10-20(11-21)13(9-17(12)22)3-4-14-15-5-6-18(23)19(15,2)8-7-16(14)20/h9,12,14-16,21H,3-8,10-11H2,1-2H3/t12-,14+,15+,16+,19+,20-/m1/s1. The summed E-state index contributed by atoms with van der Waals surface area (Å²) in [5.41, 5.74) is 0.899. The van der Waals surface area contributed by atoms with E-state index in [1.165, 1.54) is 5.57 Å². The van der Waals surface area contributed by atoms with E-state index in [2.05, 4.69) is 6.92 Å². The molecule has 3 heteroatoms. The van der Waals surface area contributed by atoms with Crippen LogP contribution in [0.3, 0.4) is 0 Å². The molecule has 0 aromatic rings. The smallest absolute Gasteiger partial charge is 0.158 e. The molecule has 3 fully saturated rings. The summed E-state index contributed by atoms with van der Waals surface area (Å²) in [6.45, 7) is 4.35. The number of aliphatic hydroxyl groups excluding tert-OH is 1. The minimum atomic E-state index is -0.191. The van der Waals surface area contributed by atoms with Gasteiger partial charge in [-0.2, -0.15) is 0 Å². The molecule has 4 aliphatic rings. The van der Waals surface area contributed by atoms with Gasteiger partial charge in [0, 0.05) is 23.2 Å². The molecule has 0 heterocycles. The molecule has 4 rings (SSSR count). The number of aliphatic hydroxyl groups is 1. The van der Waals surface area contributed by atoms with E-state index in [0.29, 0.717) is 23.5 Å². The number of fused-ring (bicyclic) bond motifs is 5. The lowest BCUT2D eigenvalue weighted by molar-refractivity contribution is -0.134. The number of carbonyl (C=O) groups excluding carboxylic acids is 2. The second kappa shape index (κ2) is 5.02. The molecule has 0 amide bonds. The summed E-state index contributed by atoms with van der Waals surface area (Å²) in [6, 6.07) is 0. The quantitative estimate of drug-likeness (QED) is 0.807. The van der Waals surface area contributed by atoms with E-state index in [9.17, 15) is 14.7 Å². The van der Waals surface area contributed by atoms with Crippen molar-refractivity contribution < 1.29 is 14.7 Å². The first-order valence-electron chi connectivity index (χ1n) is 9.31. The Morgan fingerprint density at radius 1 is 1.17 bits per heavy atom. The Morgan fingerprint density at radius 3 is 2.70 bits per heavy atom. The fourth-order valence-corrected chi connectivity index (χ4v) is 6.70. The van der Waals surface area contributed by atoms with E-state index in [1.54, 1.807) is 0 Å². The van der Waals surface area contributed by atoms with Gasteiger partial charge in [-0.05, 0) is 62.4 Å². The van der Waals surface area contributed by atoms with Crippen LogP contribution in [0, 0.1) is 34.5 Å². The van der Waals surface area contributed by atoms with Gasteiger partial charge in [0.25, 0.3) is 0 Å². The minimum absolute atomic E-state index is 0.0168. The first-order valence-corrected chi connectivity index (χ1v) is 9.31. The van der Waals surface area contributed by atoms with Gasteiger partial charge in [0.2, 0.25) is 0 Å². The highest BCUT2D eigenvalue weighted by molar-refractivity contribution is 5.93. The Kier molecular flexibility index (Phi) is 3.39. The summed E-state index contributed by atoms with van der Waals surface area (Å²) in [5, 5.41) is 10.4. The van der Waals surface area contributed by atoms with Crippen LogP contribution in [-0.2, 0) is 9.59 Å². The number of rotatable bonds is 1. The van der Waals surface area contributed by atoms with Crippen molar-refractivity contribution in [1.82, 2.24) is 0 Å². The summed E-state index contributed by atoms with van der Waals surface area (Å²) in [6.07, 6.45) is 8.45. The van der Waals surface area contributed by atoms with Crippen molar-refractivity contribution in [2.45, 2.75) is 58.8 Å². The van der Waals surface area contributed by atoms with Crippen LogP contribution in [0.25, 0.3) is 0 Å². The lowest BCUT2D eigenvalue weighted by Gasteiger charge is -2.58. The third-order valence-electron chi connectivity index (χ3n) is 8.00. The maximum Gasteiger partial charge on any atom is 0.158 e. The molecule has 0 spiro atoms. The zero-order valence-electron chi connectivity index (χ0n) is 14.3. The van der Waals surface area contributed by atoms with E-state index in [0.717, 1.165) is 44.9 Å². The van der Waals surface area contributed by atoms with Crippen molar-refractivity contribution in [3.63, 3.8) is 0 Å². The largest absolute Gasteiger partial charge is 0.395 e. The van der Waals surface area contributed by atoms with Crippen molar-refractivity contribution in [2.24, 2.45) is 34.5 Å². The molecule has 1 N–H and O–H groups in total. The predicted molar refractivity (Wildman–Crippen MR) is 87.7 cm³/mol. The third-order valence-corrected chi connectivity index (χ3v) is 8.00.